The van der Waals surface area contributed by atoms with Crippen molar-refractivity contribution in [3.05, 3.63) is 29.3 Å². The molecule has 42 heavy (non-hydrogen) atoms. The number of aliphatic carboxylic acids is 1. The van der Waals surface area contributed by atoms with Crippen molar-refractivity contribution < 1.29 is 63.7 Å². The number of ether oxygens (including phenoxy) is 2. The fraction of sp³-hybridized carbons (Fsp3) is 0.680. The van der Waals surface area contributed by atoms with E-state index in [4.69, 9.17) is 4.74 Å². The lowest BCUT2D eigenvalue weighted by molar-refractivity contribution is -0.308. The molecule has 3 heterocycles. The molecule has 3 aliphatic rings. The predicted molar refractivity (Wildman–Crippen MR) is 127 cm³/mol. The molecule has 0 bridgehead atoms. The molecule has 0 saturated carbocycles. The third-order valence-electron chi connectivity index (χ3n) is 7.83. The molecule has 1 N–H and O–H groups in total. The molecule has 1 amide bonds. The van der Waals surface area contributed by atoms with Crippen molar-refractivity contribution in [3.8, 4) is 0 Å². The normalized spacial score (nSPS) is 22.2. The molecule has 236 valence electrons. The van der Waals surface area contributed by atoms with Gasteiger partial charge in [-0.1, -0.05) is 0 Å². The van der Waals surface area contributed by atoms with E-state index in [2.05, 4.69) is 4.74 Å². The van der Waals surface area contributed by atoms with Crippen LogP contribution in [0.4, 0.5) is 50.0 Å². The Kier molecular flexibility index (Phi) is 8.84. The molecule has 3 aliphatic heterocycles. The predicted octanol–water partition coefficient (Wildman–Crippen LogP) is 4.91. The van der Waals surface area contributed by atoms with E-state index in [9.17, 15) is 54.2 Å². The van der Waals surface area contributed by atoms with Crippen LogP contribution in [-0.4, -0.2) is 97.4 Å². The van der Waals surface area contributed by atoms with Gasteiger partial charge >= 0.3 is 30.6 Å². The van der Waals surface area contributed by atoms with Crippen molar-refractivity contribution in [1.29, 1.82) is 0 Å². The van der Waals surface area contributed by atoms with Crippen LogP contribution >= 0.6 is 0 Å². The van der Waals surface area contributed by atoms with E-state index in [1.54, 1.807) is 6.07 Å². The van der Waals surface area contributed by atoms with E-state index in [0.717, 1.165) is 17.0 Å². The van der Waals surface area contributed by atoms with Crippen LogP contribution < -0.4 is 4.90 Å². The SMILES string of the molecule is O=C(O)C1CN(c2cc(CN3CCC4(CCN(C(=O)OC(C(F)(F)F)C(F)(F)F)CC4)C3)cc(C(F)(F)F)c2)CCO1. The van der Waals surface area contributed by atoms with E-state index in [0.29, 0.717) is 25.1 Å². The maximum atomic E-state index is 13.7. The first-order valence-corrected chi connectivity index (χ1v) is 13.0. The monoisotopic (exact) mass is 621 g/mol. The number of alkyl halides is 9. The summed E-state index contributed by atoms with van der Waals surface area (Å²) in [6.07, 6.45) is -22.3. The zero-order valence-electron chi connectivity index (χ0n) is 22.0. The summed E-state index contributed by atoms with van der Waals surface area (Å²) in [5.74, 6) is -1.23. The van der Waals surface area contributed by atoms with Crippen molar-refractivity contribution in [2.45, 2.75) is 56.5 Å². The first-order chi connectivity index (χ1) is 19.4. The second-order valence-electron chi connectivity index (χ2n) is 10.8. The Morgan fingerprint density at radius 1 is 0.952 bits per heavy atom. The summed E-state index contributed by atoms with van der Waals surface area (Å²) >= 11 is 0. The molecule has 1 spiro atoms. The Morgan fingerprint density at radius 2 is 1.57 bits per heavy atom. The quantitative estimate of drug-likeness (QED) is 0.468. The second-order valence-corrected chi connectivity index (χ2v) is 10.8. The summed E-state index contributed by atoms with van der Waals surface area (Å²) in [4.78, 5) is 27.6. The summed E-state index contributed by atoms with van der Waals surface area (Å²) in [5.41, 5.74) is -0.786. The average molecular weight is 621 g/mol. The van der Waals surface area contributed by atoms with Crippen molar-refractivity contribution in [2.24, 2.45) is 5.41 Å². The summed E-state index contributed by atoms with van der Waals surface area (Å²) < 4.78 is 127. The van der Waals surface area contributed by atoms with Crippen LogP contribution in [0, 0.1) is 5.41 Å². The Bertz CT molecular complexity index is 1140. The minimum absolute atomic E-state index is 0.0226. The number of halogens is 9. The molecule has 0 aromatic heterocycles. The number of benzene rings is 1. The highest BCUT2D eigenvalue weighted by Crippen LogP contribution is 2.42. The number of amides is 1. The van der Waals surface area contributed by atoms with Crippen LogP contribution in [0.5, 0.6) is 0 Å². The van der Waals surface area contributed by atoms with Gasteiger partial charge in [0.15, 0.2) is 6.10 Å². The van der Waals surface area contributed by atoms with Gasteiger partial charge in [0.25, 0.3) is 6.10 Å². The highest BCUT2D eigenvalue weighted by molar-refractivity contribution is 5.73. The molecule has 1 unspecified atom stereocenters. The minimum atomic E-state index is -5.82. The molecule has 1 atom stereocenters. The number of carboxylic acids is 1. The Morgan fingerprint density at radius 3 is 2.14 bits per heavy atom. The van der Waals surface area contributed by atoms with Crippen molar-refractivity contribution >= 4 is 17.7 Å². The number of piperidine rings is 1. The minimum Gasteiger partial charge on any atom is -0.479 e. The molecule has 3 saturated heterocycles. The topological polar surface area (TPSA) is 82.6 Å². The highest BCUT2D eigenvalue weighted by Gasteiger charge is 2.60. The lowest BCUT2D eigenvalue weighted by atomic mass is 9.78. The number of anilines is 1. The van der Waals surface area contributed by atoms with E-state index in [1.807, 2.05) is 4.90 Å². The van der Waals surface area contributed by atoms with Gasteiger partial charge in [0.1, 0.15) is 0 Å². The second kappa shape index (κ2) is 11.6. The third-order valence-corrected chi connectivity index (χ3v) is 7.83. The number of rotatable bonds is 5. The van der Waals surface area contributed by atoms with Gasteiger partial charge in [-0.3, -0.25) is 4.90 Å². The van der Waals surface area contributed by atoms with Crippen LogP contribution in [0.3, 0.4) is 0 Å². The van der Waals surface area contributed by atoms with Gasteiger partial charge in [0.2, 0.25) is 0 Å². The van der Waals surface area contributed by atoms with E-state index < -0.39 is 53.8 Å². The van der Waals surface area contributed by atoms with E-state index in [-0.39, 0.29) is 57.9 Å². The summed E-state index contributed by atoms with van der Waals surface area (Å²) in [7, 11) is 0. The first-order valence-electron chi connectivity index (χ1n) is 13.0. The maximum absolute atomic E-state index is 13.7. The van der Waals surface area contributed by atoms with Crippen LogP contribution in [0.2, 0.25) is 0 Å². The first kappa shape index (κ1) is 32.0. The number of hydrogen-bond donors (Lipinski definition) is 1. The molecule has 3 fully saturated rings. The zero-order chi connectivity index (χ0) is 31.1. The van der Waals surface area contributed by atoms with Crippen molar-refractivity contribution in [3.63, 3.8) is 0 Å². The molecule has 4 rings (SSSR count). The van der Waals surface area contributed by atoms with Crippen LogP contribution in [0.15, 0.2) is 18.2 Å². The lowest BCUT2D eigenvalue weighted by Gasteiger charge is -2.39. The van der Waals surface area contributed by atoms with Crippen molar-refractivity contribution in [2.75, 3.05) is 50.8 Å². The largest absolute Gasteiger partial charge is 0.479 e. The smallest absolute Gasteiger partial charge is 0.434 e. The summed E-state index contributed by atoms with van der Waals surface area (Å²) in [6, 6.07) is 3.52. The molecule has 8 nitrogen and oxygen atoms in total. The number of carbonyl (C=O) groups is 2. The number of carboxylic acid groups (broad SMARTS) is 1. The van der Waals surface area contributed by atoms with Crippen LogP contribution in [0.1, 0.15) is 30.4 Å². The fourth-order valence-corrected chi connectivity index (χ4v) is 5.63. The zero-order valence-corrected chi connectivity index (χ0v) is 22.0. The van der Waals surface area contributed by atoms with Crippen LogP contribution in [-0.2, 0) is 27.0 Å². The molecule has 1 aromatic rings. The Labute approximate surface area is 233 Å². The number of carbonyl (C=O) groups excluding carboxylic acids is 1. The van der Waals surface area contributed by atoms with Crippen LogP contribution in [0.25, 0.3) is 0 Å². The van der Waals surface area contributed by atoms with Gasteiger partial charge < -0.3 is 24.4 Å². The van der Waals surface area contributed by atoms with Gasteiger partial charge in [-0.15, -0.1) is 0 Å². The van der Waals surface area contributed by atoms with Gasteiger partial charge in [-0.2, -0.15) is 39.5 Å². The number of likely N-dealkylation sites (tertiary alicyclic amines) is 2. The molecule has 0 radical (unpaired) electrons. The van der Waals surface area contributed by atoms with Crippen molar-refractivity contribution in [1.82, 2.24) is 9.80 Å². The molecular formula is C25H28F9N3O5. The van der Waals surface area contributed by atoms with Gasteiger partial charge in [0, 0.05) is 38.4 Å². The molecule has 0 aliphatic carbocycles. The molecular weight excluding hydrogens is 593 g/mol. The Balaban J connectivity index is 1.40. The third kappa shape index (κ3) is 7.51. The van der Waals surface area contributed by atoms with Gasteiger partial charge in [0.05, 0.1) is 18.7 Å². The average Bonchev–Trinajstić information content (AvgIpc) is 3.27. The van der Waals surface area contributed by atoms with Gasteiger partial charge in [-0.05, 0) is 55.0 Å². The number of hydrogen-bond acceptors (Lipinski definition) is 6. The lowest BCUT2D eigenvalue weighted by Crippen LogP contribution is -2.50. The fourth-order valence-electron chi connectivity index (χ4n) is 5.63. The molecule has 17 heteroatoms. The van der Waals surface area contributed by atoms with E-state index in [1.165, 1.54) is 4.90 Å². The number of nitrogens with zero attached hydrogens (tertiary/aromatic N) is 3. The van der Waals surface area contributed by atoms with E-state index >= 15 is 0 Å². The Hall–Kier alpha value is -2.95. The standard InChI is InChI=1S/C25H28F9N3O5/c26-23(27,28)16-9-15(10-17(11-16)37-7-8-41-18(13-37)19(38)39)12-35-4-1-22(14-35)2-5-36(6-3-22)21(40)42-20(24(29,30)31)25(32,33)34/h9-11,18,20H,1-8,12-14H2,(H,38,39). The summed E-state index contributed by atoms with van der Waals surface area (Å²) in [5, 5.41) is 9.24. The number of morpholine rings is 1. The summed E-state index contributed by atoms with van der Waals surface area (Å²) in [6.45, 7) is 0.810. The molecule has 1 aromatic carbocycles. The maximum Gasteiger partial charge on any atom is 0.434 e. The highest BCUT2D eigenvalue weighted by atomic mass is 19.4. The van der Waals surface area contributed by atoms with Gasteiger partial charge in [-0.25, -0.2) is 9.59 Å².